The van der Waals surface area contributed by atoms with Gasteiger partial charge >= 0.3 is 80.4 Å². The molecule has 2 heteroatoms. The van der Waals surface area contributed by atoms with Gasteiger partial charge in [-0.05, 0) is 0 Å². The van der Waals surface area contributed by atoms with Crippen molar-refractivity contribution >= 4 is 0 Å². The number of hydrogen-bond acceptors (Lipinski definition) is 1. The van der Waals surface area contributed by atoms with Crippen LogP contribution in [0.5, 0.6) is 0 Å². The Morgan fingerprint density at radius 2 is 1.50 bits per heavy atom. The summed E-state index contributed by atoms with van der Waals surface area (Å²) in [5, 5.41) is 0. The Labute approximate surface area is 80.3 Å². The van der Waals surface area contributed by atoms with Crippen LogP contribution >= 0.6 is 0 Å². The van der Waals surface area contributed by atoms with Crippen molar-refractivity contribution in [1.29, 1.82) is 0 Å². The molecule has 0 unspecified atom stereocenters. The molecule has 0 amide bonds. The van der Waals surface area contributed by atoms with Crippen LogP contribution in [0.25, 0.3) is 0 Å². The normalized spacial score (nSPS) is 19.7. The summed E-state index contributed by atoms with van der Waals surface area (Å²) >= 11 is -2.52. The maximum atomic E-state index is 11.9. The molecule has 0 aromatic rings. The standard InChI is InChI=1S/2C5H5.O.Zr/c2*1-2-4-5-3-1;;/h2*1-3H,4H2;;. The Morgan fingerprint density at radius 3 is 1.83 bits per heavy atom. The van der Waals surface area contributed by atoms with Gasteiger partial charge < -0.3 is 0 Å². The second kappa shape index (κ2) is 3.57. The molecule has 0 heterocycles. The van der Waals surface area contributed by atoms with Crippen LogP contribution < -0.4 is 0 Å². The minimum absolute atomic E-state index is 0.926. The zero-order valence-corrected chi connectivity index (χ0v) is 9.24. The van der Waals surface area contributed by atoms with Crippen molar-refractivity contribution in [3.63, 3.8) is 0 Å². The average molecular weight is 237 g/mol. The number of allylic oxidation sites excluding steroid dienone is 8. The van der Waals surface area contributed by atoms with E-state index in [-0.39, 0.29) is 0 Å². The molecule has 0 aliphatic heterocycles. The maximum absolute atomic E-state index is 11.9. The van der Waals surface area contributed by atoms with E-state index in [4.69, 9.17) is 0 Å². The van der Waals surface area contributed by atoms with Gasteiger partial charge in [0, 0.05) is 0 Å². The second-order valence-electron chi connectivity index (χ2n) is 2.98. The summed E-state index contributed by atoms with van der Waals surface area (Å²) < 4.78 is 14.3. The SMILES string of the molecule is [O]=[Zr]([C]1=CC=CC1)[C]1=CC=CC1. The first-order valence-corrected chi connectivity index (χ1v) is 7.60. The molecule has 0 N–H and O–H groups in total. The molecular weight excluding hydrogens is 227 g/mol. The number of rotatable bonds is 2. The Hall–Kier alpha value is -0.357. The van der Waals surface area contributed by atoms with E-state index < -0.39 is 21.8 Å². The molecule has 0 saturated carbocycles. The van der Waals surface area contributed by atoms with E-state index in [2.05, 4.69) is 12.2 Å². The van der Waals surface area contributed by atoms with Gasteiger partial charge in [0.2, 0.25) is 0 Å². The van der Waals surface area contributed by atoms with Crippen molar-refractivity contribution in [1.82, 2.24) is 0 Å². The van der Waals surface area contributed by atoms with E-state index >= 15 is 0 Å². The van der Waals surface area contributed by atoms with Gasteiger partial charge in [0.15, 0.2) is 0 Å². The van der Waals surface area contributed by atoms with Crippen LogP contribution in [0.4, 0.5) is 0 Å². The molecule has 0 bridgehead atoms. The second-order valence-corrected chi connectivity index (χ2v) is 7.75. The van der Waals surface area contributed by atoms with E-state index in [9.17, 15) is 2.81 Å². The van der Waals surface area contributed by atoms with Crippen LogP contribution in [-0.2, 0) is 24.6 Å². The fourth-order valence-corrected chi connectivity index (χ4v) is 5.16. The molecule has 0 aromatic carbocycles. The first-order chi connectivity index (χ1) is 5.88. The summed E-state index contributed by atoms with van der Waals surface area (Å²) in [5.41, 5.74) is 0. The summed E-state index contributed by atoms with van der Waals surface area (Å²) in [4.78, 5) is 0. The van der Waals surface area contributed by atoms with Crippen molar-refractivity contribution in [3.8, 4) is 0 Å². The van der Waals surface area contributed by atoms with Crippen LogP contribution in [0.2, 0.25) is 0 Å². The quantitative estimate of drug-likeness (QED) is 0.721. The Balaban J connectivity index is 2.11. The van der Waals surface area contributed by atoms with Crippen molar-refractivity contribution in [2.24, 2.45) is 0 Å². The average Bonchev–Trinajstić information content (AvgIpc) is 2.77. The summed E-state index contributed by atoms with van der Waals surface area (Å²) in [5.74, 6) is 0. The summed E-state index contributed by atoms with van der Waals surface area (Å²) in [6, 6.07) is 0. The molecule has 0 atom stereocenters. The molecule has 12 heavy (non-hydrogen) atoms. The fraction of sp³-hybridized carbons (Fsp3) is 0.200. The van der Waals surface area contributed by atoms with Crippen LogP contribution in [-0.4, -0.2) is 0 Å². The third-order valence-electron chi connectivity index (χ3n) is 2.13. The molecule has 2 aliphatic carbocycles. The molecular formula is C10H10OZr. The predicted octanol–water partition coefficient (Wildman–Crippen LogP) is 2.64. The molecule has 0 saturated heterocycles. The monoisotopic (exact) mass is 236 g/mol. The van der Waals surface area contributed by atoms with E-state index in [1.165, 1.54) is 6.56 Å². The van der Waals surface area contributed by atoms with Gasteiger partial charge in [0.05, 0.1) is 0 Å². The number of hydrogen-bond donors (Lipinski definition) is 0. The van der Waals surface area contributed by atoms with Gasteiger partial charge in [-0.1, -0.05) is 0 Å². The topological polar surface area (TPSA) is 17.1 Å². The van der Waals surface area contributed by atoms with Crippen molar-refractivity contribution in [3.05, 3.63) is 43.0 Å². The van der Waals surface area contributed by atoms with Crippen molar-refractivity contribution < 1.29 is 24.6 Å². The fourth-order valence-electron chi connectivity index (χ4n) is 1.44. The van der Waals surface area contributed by atoms with Crippen LogP contribution in [0.3, 0.4) is 0 Å². The Kier molecular flexibility index (Phi) is 2.46. The van der Waals surface area contributed by atoms with Crippen LogP contribution in [0.15, 0.2) is 43.0 Å². The molecule has 0 aromatic heterocycles. The van der Waals surface area contributed by atoms with Gasteiger partial charge in [-0.25, -0.2) is 0 Å². The molecule has 2 rings (SSSR count). The van der Waals surface area contributed by atoms with Gasteiger partial charge in [0.25, 0.3) is 0 Å². The third-order valence-corrected chi connectivity index (χ3v) is 6.82. The first kappa shape index (κ1) is 8.25. The molecule has 0 fully saturated rings. The molecule has 0 spiro atoms. The van der Waals surface area contributed by atoms with E-state index in [1.54, 1.807) is 0 Å². The van der Waals surface area contributed by atoms with E-state index in [0.29, 0.717) is 0 Å². The summed E-state index contributed by atoms with van der Waals surface area (Å²) in [7, 11) is 0. The zero-order chi connectivity index (χ0) is 8.39. The predicted molar refractivity (Wildman–Crippen MR) is 44.4 cm³/mol. The first-order valence-electron chi connectivity index (χ1n) is 4.14. The van der Waals surface area contributed by atoms with Gasteiger partial charge in [-0.2, -0.15) is 0 Å². The Bertz CT molecular complexity index is 300. The van der Waals surface area contributed by atoms with Gasteiger partial charge in [-0.15, -0.1) is 0 Å². The third kappa shape index (κ3) is 1.54. The van der Waals surface area contributed by atoms with E-state index in [1.807, 2.05) is 24.3 Å². The van der Waals surface area contributed by atoms with Gasteiger partial charge in [0.1, 0.15) is 0 Å². The summed E-state index contributed by atoms with van der Waals surface area (Å²) in [6.45, 7) is 0. The van der Waals surface area contributed by atoms with Crippen LogP contribution in [0, 0.1) is 0 Å². The zero-order valence-electron chi connectivity index (χ0n) is 6.79. The minimum atomic E-state index is -2.52. The molecule has 2 aliphatic rings. The molecule has 0 radical (unpaired) electrons. The van der Waals surface area contributed by atoms with Crippen molar-refractivity contribution in [2.75, 3.05) is 0 Å². The van der Waals surface area contributed by atoms with Gasteiger partial charge in [-0.3, -0.25) is 0 Å². The van der Waals surface area contributed by atoms with Crippen molar-refractivity contribution in [2.45, 2.75) is 12.8 Å². The van der Waals surface area contributed by atoms with Crippen LogP contribution in [0.1, 0.15) is 12.8 Å². The Morgan fingerprint density at radius 1 is 1.00 bits per heavy atom. The molecule has 1 nitrogen and oxygen atoms in total. The molecule has 60 valence electrons. The van der Waals surface area contributed by atoms with E-state index in [0.717, 1.165) is 12.8 Å². The summed E-state index contributed by atoms with van der Waals surface area (Å²) in [6.07, 6.45) is 14.1.